The summed E-state index contributed by atoms with van der Waals surface area (Å²) >= 11 is 0. The SMILES string of the molecule is CCC1CC1N.O=C(O)O. The highest BCUT2D eigenvalue weighted by Gasteiger charge is 2.30. The monoisotopic (exact) mass is 147 g/mol. The van der Waals surface area contributed by atoms with Crippen LogP contribution < -0.4 is 5.73 Å². The van der Waals surface area contributed by atoms with Crippen molar-refractivity contribution in [2.45, 2.75) is 25.8 Å². The maximum absolute atomic E-state index is 8.56. The van der Waals surface area contributed by atoms with Crippen LogP contribution in [0.3, 0.4) is 0 Å². The van der Waals surface area contributed by atoms with E-state index in [1.54, 1.807) is 0 Å². The number of carboxylic acid groups (broad SMARTS) is 2. The number of hydrogen-bond acceptors (Lipinski definition) is 2. The lowest BCUT2D eigenvalue weighted by Gasteiger charge is -1.79. The van der Waals surface area contributed by atoms with Gasteiger partial charge in [0.05, 0.1) is 0 Å². The van der Waals surface area contributed by atoms with E-state index in [2.05, 4.69) is 6.92 Å². The van der Waals surface area contributed by atoms with Crippen molar-refractivity contribution in [3.63, 3.8) is 0 Å². The average molecular weight is 147 g/mol. The highest BCUT2D eigenvalue weighted by atomic mass is 16.6. The van der Waals surface area contributed by atoms with Gasteiger partial charge in [-0.25, -0.2) is 4.79 Å². The van der Waals surface area contributed by atoms with E-state index in [0.717, 1.165) is 5.92 Å². The van der Waals surface area contributed by atoms with Gasteiger partial charge in [-0.15, -0.1) is 0 Å². The number of hydrogen-bond donors (Lipinski definition) is 3. The van der Waals surface area contributed by atoms with Crippen LogP contribution in [-0.4, -0.2) is 22.4 Å². The van der Waals surface area contributed by atoms with Gasteiger partial charge in [-0.3, -0.25) is 0 Å². The van der Waals surface area contributed by atoms with Crippen LogP contribution in [0.5, 0.6) is 0 Å². The van der Waals surface area contributed by atoms with Gasteiger partial charge in [0.25, 0.3) is 0 Å². The second-order valence-corrected chi connectivity index (χ2v) is 2.35. The summed E-state index contributed by atoms with van der Waals surface area (Å²) in [5.41, 5.74) is 5.48. The van der Waals surface area contributed by atoms with Crippen molar-refractivity contribution in [2.24, 2.45) is 11.7 Å². The van der Waals surface area contributed by atoms with Crippen molar-refractivity contribution < 1.29 is 15.0 Å². The minimum atomic E-state index is -1.83. The predicted octanol–water partition coefficient (Wildman–Crippen LogP) is 0.966. The van der Waals surface area contributed by atoms with Crippen LogP contribution in [0.15, 0.2) is 0 Å². The van der Waals surface area contributed by atoms with Crippen molar-refractivity contribution in [2.75, 3.05) is 0 Å². The molecule has 2 unspecified atom stereocenters. The molecule has 4 heteroatoms. The van der Waals surface area contributed by atoms with Crippen LogP contribution in [0, 0.1) is 5.92 Å². The molecular weight excluding hydrogens is 134 g/mol. The molecule has 4 nitrogen and oxygen atoms in total. The molecule has 0 saturated heterocycles. The van der Waals surface area contributed by atoms with Gasteiger partial charge >= 0.3 is 6.16 Å². The van der Waals surface area contributed by atoms with Gasteiger partial charge in [0, 0.05) is 6.04 Å². The van der Waals surface area contributed by atoms with E-state index >= 15 is 0 Å². The highest BCUT2D eigenvalue weighted by molar-refractivity contribution is 5.53. The third kappa shape index (κ3) is 5.37. The Kier molecular flexibility index (Phi) is 3.79. The standard InChI is InChI=1S/C5H11N.CH2O3/c1-2-4-3-5(4)6;2-1(3)4/h4-5H,2-3,6H2,1H3;(H2,2,3,4). The number of rotatable bonds is 1. The van der Waals surface area contributed by atoms with Crippen molar-refractivity contribution in [1.82, 2.24) is 0 Å². The Balaban J connectivity index is 0.000000180. The molecule has 0 amide bonds. The van der Waals surface area contributed by atoms with Crippen LogP contribution in [0.4, 0.5) is 4.79 Å². The van der Waals surface area contributed by atoms with Gasteiger partial charge in [0.15, 0.2) is 0 Å². The summed E-state index contributed by atoms with van der Waals surface area (Å²) in [5.74, 6) is 0.880. The molecule has 0 bridgehead atoms. The molecule has 0 radical (unpaired) electrons. The molecule has 4 N–H and O–H groups in total. The van der Waals surface area contributed by atoms with Crippen LogP contribution in [0.2, 0.25) is 0 Å². The molecule has 0 aromatic rings. The molecule has 0 heterocycles. The van der Waals surface area contributed by atoms with E-state index < -0.39 is 6.16 Å². The molecule has 1 rings (SSSR count). The second-order valence-electron chi connectivity index (χ2n) is 2.35. The van der Waals surface area contributed by atoms with Gasteiger partial charge < -0.3 is 15.9 Å². The van der Waals surface area contributed by atoms with Crippen LogP contribution in [-0.2, 0) is 0 Å². The maximum atomic E-state index is 8.56. The van der Waals surface area contributed by atoms with Gasteiger partial charge in [0.2, 0.25) is 0 Å². The second kappa shape index (κ2) is 4.11. The van der Waals surface area contributed by atoms with E-state index in [0.29, 0.717) is 6.04 Å². The van der Waals surface area contributed by atoms with E-state index in [1.165, 1.54) is 12.8 Å². The molecule has 10 heavy (non-hydrogen) atoms. The van der Waals surface area contributed by atoms with Crippen molar-refractivity contribution >= 4 is 6.16 Å². The van der Waals surface area contributed by atoms with Crippen molar-refractivity contribution in [3.05, 3.63) is 0 Å². The molecular formula is C6H13NO3. The first-order valence-electron chi connectivity index (χ1n) is 3.25. The number of carbonyl (C=O) groups is 1. The third-order valence-corrected chi connectivity index (χ3v) is 1.50. The smallest absolute Gasteiger partial charge is 0.450 e. The molecule has 1 aliphatic carbocycles. The fourth-order valence-electron chi connectivity index (χ4n) is 0.740. The maximum Gasteiger partial charge on any atom is 0.503 e. The molecule has 0 aliphatic heterocycles. The third-order valence-electron chi connectivity index (χ3n) is 1.50. The van der Waals surface area contributed by atoms with Crippen molar-refractivity contribution in [3.8, 4) is 0 Å². The molecule has 1 saturated carbocycles. The summed E-state index contributed by atoms with van der Waals surface area (Å²) < 4.78 is 0. The largest absolute Gasteiger partial charge is 0.503 e. The lowest BCUT2D eigenvalue weighted by molar-refractivity contribution is 0.137. The highest BCUT2D eigenvalue weighted by Crippen LogP contribution is 2.30. The quantitative estimate of drug-likeness (QED) is 0.516. The number of nitrogens with two attached hydrogens (primary N) is 1. The van der Waals surface area contributed by atoms with Crippen LogP contribution in [0.1, 0.15) is 19.8 Å². The Morgan fingerprint density at radius 1 is 1.70 bits per heavy atom. The van der Waals surface area contributed by atoms with Gasteiger partial charge in [-0.2, -0.15) is 0 Å². The topological polar surface area (TPSA) is 83.6 Å². The Hall–Kier alpha value is -0.770. The first-order valence-corrected chi connectivity index (χ1v) is 3.25. The van der Waals surface area contributed by atoms with Gasteiger partial charge in [-0.05, 0) is 12.3 Å². The fraction of sp³-hybridized carbons (Fsp3) is 0.833. The molecule has 60 valence electrons. The Bertz CT molecular complexity index is 110. The minimum Gasteiger partial charge on any atom is -0.450 e. The summed E-state index contributed by atoms with van der Waals surface area (Å²) in [7, 11) is 0. The zero-order valence-corrected chi connectivity index (χ0v) is 5.95. The lowest BCUT2D eigenvalue weighted by atomic mass is 10.3. The Morgan fingerprint density at radius 3 is 2.00 bits per heavy atom. The molecule has 0 aromatic carbocycles. The first kappa shape index (κ1) is 9.23. The van der Waals surface area contributed by atoms with E-state index in [-0.39, 0.29) is 0 Å². The Morgan fingerprint density at radius 2 is 2.00 bits per heavy atom. The molecule has 0 spiro atoms. The summed E-state index contributed by atoms with van der Waals surface area (Å²) in [5, 5.41) is 13.9. The lowest BCUT2D eigenvalue weighted by Crippen LogP contribution is -2.00. The minimum absolute atomic E-state index is 0.565. The average Bonchev–Trinajstić information content (AvgIpc) is 2.45. The molecule has 1 fully saturated rings. The first-order chi connectivity index (χ1) is 4.57. The van der Waals surface area contributed by atoms with Crippen LogP contribution >= 0.6 is 0 Å². The summed E-state index contributed by atoms with van der Waals surface area (Å²) in [6.45, 7) is 2.19. The zero-order chi connectivity index (χ0) is 8.15. The molecule has 2 atom stereocenters. The summed E-state index contributed by atoms with van der Waals surface area (Å²) in [6, 6.07) is 0.565. The van der Waals surface area contributed by atoms with E-state index in [9.17, 15) is 0 Å². The van der Waals surface area contributed by atoms with E-state index in [1.807, 2.05) is 0 Å². The normalized spacial score (nSPS) is 28.2. The van der Waals surface area contributed by atoms with Crippen molar-refractivity contribution in [1.29, 1.82) is 0 Å². The predicted molar refractivity (Wildman–Crippen MR) is 37.0 cm³/mol. The molecule has 1 aliphatic rings. The Labute approximate surface area is 59.7 Å². The zero-order valence-electron chi connectivity index (χ0n) is 5.95. The summed E-state index contributed by atoms with van der Waals surface area (Å²) in [4.78, 5) is 8.56. The summed E-state index contributed by atoms with van der Waals surface area (Å²) in [6.07, 6.45) is 0.720. The van der Waals surface area contributed by atoms with Gasteiger partial charge in [0.1, 0.15) is 0 Å². The molecule has 0 aromatic heterocycles. The fourth-order valence-corrected chi connectivity index (χ4v) is 0.740. The van der Waals surface area contributed by atoms with Gasteiger partial charge in [-0.1, -0.05) is 13.3 Å². The van der Waals surface area contributed by atoms with Crippen LogP contribution in [0.25, 0.3) is 0 Å². The van der Waals surface area contributed by atoms with E-state index in [4.69, 9.17) is 20.7 Å².